The summed E-state index contributed by atoms with van der Waals surface area (Å²) in [5.74, 6) is 4.30. The quantitative estimate of drug-likeness (QED) is 0.0197. The Labute approximate surface area is 715 Å². The maximum Gasteiger partial charge on any atom is 0.306 e. The van der Waals surface area contributed by atoms with E-state index in [-0.39, 0.29) is 71.4 Å². The molecule has 640 valence electrons. The van der Waals surface area contributed by atoms with Crippen LogP contribution in [0.25, 0.3) is 50.4 Å². The lowest BCUT2D eigenvalue weighted by Gasteiger charge is -2.40. The van der Waals surface area contributed by atoms with Crippen LogP contribution in [0.4, 0.5) is 0 Å². The van der Waals surface area contributed by atoms with E-state index in [1.807, 2.05) is 127 Å². The molecule has 122 heavy (non-hydrogen) atoms. The van der Waals surface area contributed by atoms with Crippen LogP contribution in [0.5, 0.6) is 51.7 Å². The van der Waals surface area contributed by atoms with Crippen LogP contribution >= 0.6 is 0 Å². The van der Waals surface area contributed by atoms with Crippen LogP contribution in [0.2, 0.25) is 0 Å². The van der Waals surface area contributed by atoms with Gasteiger partial charge in [-0.3, -0.25) is 19.2 Å². The first-order valence-corrected chi connectivity index (χ1v) is 42.8. The molecule has 9 aromatic carbocycles. The van der Waals surface area contributed by atoms with Crippen molar-refractivity contribution in [3.05, 3.63) is 237 Å². The van der Waals surface area contributed by atoms with E-state index in [1.165, 1.54) is 0 Å². The average molecular weight is 1660 g/mol. The molecule has 0 bridgehead atoms. The molecule has 14 rings (SSSR count). The summed E-state index contributed by atoms with van der Waals surface area (Å²) in [6.07, 6.45) is 24.6. The maximum atomic E-state index is 13.4. The molecule has 3 unspecified atom stereocenters. The van der Waals surface area contributed by atoms with Gasteiger partial charge in [-0.05, 0) is 179 Å². The van der Waals surface area contributed by atoms with Crippen molar-refractivity contribution in [1.29, 1.82) is 0 Å². The number of methoxy groups -OCH3 is 8. The third kappa shape index (κ3) is 17.8. The van der Waals surface area contributed by atoms with Crippen molar-refractivity contribution in [2.45, 2.75) is 164 Å². The fourth-order valence-corrected chi connectivity index (χ4v) is 18.1. The standard InChI is InChI=1S/C102H112O20/c1-11-13-53-101(87-65-77(113-9)41-45-81(87)93-79-43-39-75(111-7)63-85(79)97-83(95(93)101)51-55-99(121-97,67-23-31-71(107-3)32-24-67)68-25-33-72(108-4)34-26-68)119-61-59-117-91(105)49-47-89(103)115-57-21-19-17-15-16-18-20-22-58-116-90(104)48-50-92(106)118-60-62-120-102(54-14-12-2)88-66-78(114-10)42-46-82(88)94-80-44-40-76(112-8)64-86(80)98-84(96(94)102)52-56-100(122-98,69-27-35-73(109-5)36-28-69)70-29-37-74(110-6)38-30-70/h23-46,51-52,55-56,63-65,78H,11-22,47-50,53-54,57-62,66H2,1-10H3. The van der Waals surface area contributed by atoms with E-state index in [9.17, 15) is 19.2 Å². The summed E-state index contributed by atoms with van der Waals surface area (Å²) in [5, 5.41) is 3.67. The Morgan fingerprint density at radius 2 is 0.730 bits per heavy atom. The number of carbonyl (C=O) groups is 4. The van der Waals surface area contributed by atoms with E-state index in [0.29, 0.717) is 72.4 Å². The van der Waals surface area contributed by atoms with Gasteiger partial charge in [0.25, 0.3) is 0 Å². The SMILES string of the molecule is CCCCC1(OCCOC(=O)CCC(=O)OCCCCCCCCCCOC(=O)CCC(=O)OCCOC2(CCCC)c3cc(OC)ccc3-c3c2c2c(c4cc(OC)ccc34)OC(c3ccc(OC)cc3)(c3ccc(OC)cc3)C=C2)C2=C(C=CC(OC)C2)c2c1c1c(c3cc(OC)ccc23)OC(c2ccc(OC)cc2)(c2ccc(OC)cc2)C=C1. The smallest absolute Gasteiger partial charge is 0.306 e. The number of hydrogen-bond acceptors (Lipinski definition) is 20. The lowest BCUT2D eigenvalue weighted by atomic mass is 9.77. The van der Waals surface area contributed by atoms with Gasteiger partial charge in [0.15, 0.2) is 11.2 Å². The zero-order valence-electron chi connectivity index (χ0n) is 71.8. The molecule has 20 heteroatoms. The molecule has 5 aliphatic rings. The molecule has 0 amide bonds. The Bertz CT molecular complexity index is 5250. The van der Waals surface area contributed by atoms with E-state index < -0.39 is 46.3 Å². The number of esters is 4. The first-order valence-electron chi connectivity index (χ1n) is 42.8. The van der Waals surface area contributed by atoms with Gasteiger partial charge in [-0.2, -0.15) is 0 Å². The first-order chi connectivity index (χ1) is 59.6. The summed E-state index contributed by atoms with van der Waals surface area (Å²) < 4.78 is 98.8. The van der Waals surface area contributed by atoms with Crippen LogP contribution in [0.15, 0.2) is 182 Å². The monoisotopic (exact) mass is 1660 g/mol. The fourth-order valence-electron chi connectivity index (χ4n) is 18.1. The highest BCUT2D eigenvalue weighted by molar-refractivity contribution is 6.10. The number of unbranched alkanes of at least 4 members (excludes halogenated alkanes) is 9. The van der Waals surface area contributed by atoms with Gasteiger partial charge in [0.05, 0.1) is 108 Å². The molecule has 2 aliphatic heterocycles. The maximum absolute atomic E-state index is 13.4. The molecule has 0 radical (unpaired) electrons. The fraction of sp³-hybridized carbons (Fsp3) is 0.392. The van der Waals surface area contributed by atoms with Gasteiger partial charge >= 0.3 is 23.9 Å². The molecule has 0 saturated heterocycles. The molecule has 0 N–H and O–H groups in total. The molecule has 2 heterocycles. The molecule has 0 fully saturated rings. The molecule has 0 spiro atoms. The summed E-state index contributed by atoms with van der Waals surface area (Å²) in [7, 11) is 13.3. The highest BCUT2D eigenvalue weighted by Crippen LogP contribution is 2.64. The number of fused-ring (bicyclic) bond motifs is 15. The van der Waals surface area contributed by atoms with E-state index in [1.54, 1.807) is 56.9 Å². The molecule has 20 nitrogen and oxygen atoms in total. The molecular weight excluding hydrogens is 1550 g/mol. The predicted molar refractivity (Wildman–Crippen MR) is 470 cm³/mol. The number of benzene rings is 9. The highest BCUT2D eigenvalue weighted by atomic mass is 16.6. The van der Waals surface area contributed by atoms with Crippen LogP contribution in [-0.2, 0) is 74.7 Å². The van der Waals surface area contributed by atoms with Crippen molar-refractivity contribution in [2.75, 3.05) is 96.5 Å². The molecular formula is C102H112O20. The van der Waals surface area contributed by atoms with Crippen LogP contribution < -0.4 is 42.6 Å². The lowest BCUT2D eigenvalue weighted by molar-refractivity contribution is -0.152. The van der Waals surface area contributed by atoms with Gasteiger partial charge in [-0.15, -0.1) is 0 Å². The molecule has 0 saturated carbocycles. The summed E-state index contributed by atoms with van der Waals surface area (Å²) in [6.45, 7) is 4.92. The Morgan fingerprint density at radius 1 is 0.369 bits per heavy atom. The van der Waals surface area contributed by atoms with Gasteiger partial charge in [0.1, 0.15) is 76.2 Å². The molecule has 3 aliphatic carbocycles. The van der Waals surface area contributed by atoms with Crippen molar-refractivity contribution in [3.8, 4) is 62.9 Å². The minimum absolute atomic E-state index is 0.0299. The molecule has 9 aromatic rings. The second-order valence-electron chi connectivity index (χ2n) is 31.5. The summed E-state index contributed by atoms with van der Waals surface area (Å²) >= 11 is 0. The van der Waals surface area contributed by atoms with E-state index >= 15 is 0 Å². The van der Waals surface area contributed by atoms with Gasteiger partial charge in [-0.1, -0.05) is 157 Å². The predicted octanol–water partition coefficient (Wildman–Crippen LogP) is 20.9. The van der Waals surface area contributed by atoms with Gasteiger partial charge in [0, 0.05) is 68.8 Å². The second-order valence-corrected chi connectivity index (χ2v) is 31.5. The minimum atomic E-state index is -1.09. The Balaban J connectivity index is 0.520. The van der Waals surface area contributed by atoms with Crippen LogP contribution in [0, 0.1) is 0 Å². The molecule has 3 atom stereocenters. The van der Waals surface area contributed by atoms with Gasteiger partial charge < -0.3 is 75.8 Å². The number of ether oxygens (including phenoxy) is 16. The van der Waals surface area contributed by atoms with Crippen LogP contribution in [0.1, 0.15) is 191 Å². The van der Waals surface area contributed by atoms with Crippen LogP contribution in [0.3, 0.4) is 0 Å². The van der Waals surface area contributed by atoms with Crippen molar-refractivity contribution < 1.29 is 95.0 Å². The topological polar surface area (TPSA) is 216 Å². The van der Waals surface area contributed by atoms with Crippen LogP contribution in [-0.4, -0.2) is 127 Å². The summed E-state index contributed by atoms with van der Waals surface area (Å²) in [4.78, 5) is 52.6. The normalized spacial score (nSPS) is 17.0. The molecule has 0 aromatic heterocycles. The van der Waals surface area contributed by atoms with Gasteiger partial charge in [-0.25, -0.2) is 0 Å². The summed E-state index contributed by atoms with van der Waals surface area (Å²) in [5.41, 5.74) is 9.23. The van der Waals surface area contributed by atoms with E-state index in [0.717, 1.165) is 175 Å². The van der Waals surface area contributed by atoms with Crippen molar-refractivity contribution in [2.24, 2.45) is 0 Å². The largest absolute Gasteiger partial charge is 0.497 e. The van der Waals surface area contributed by atoms with Gasteiger partial charge in [0.2, 0.25) is 0 Å². The van der Waals surface area contributed by atoms with Crippen molar-refractivity contribution in [3.63, 3.8) is 0 Å². The Hall–Kier alpha value is -11.6. The van der Waals surface area contributed by atoms with Crippen molar-refractivity contribution >= 4 is 63.1 Å². The average Bonchev–Trinajstić information content (AvgIpc) is 1.50. The van der Waals surface area contributed by atoms with E-state index in [4.69, 9.17) is 75.8 Å². The Morgan fingerprint density at radius 3 is 1.14 bits per heavy atom. The third-order valence-electron chi connectivity index (χ3n) is 24.4. The Kier molecular flexibility index (Phi) is 28.1. The highest BCUT2D eigenvalue weighted by Gasteiger charge is 2.53. The van der Waals surface area contributed by atoms with Crippen molar-refractivity contribution in [1.82, 2.24) is 0 Å². The van der Waals surface area contributed by atoms with E-state index in [2.05, 4.69) is 74.6 Å². The lowest BCUT2D eigenvalue weighted by Crippen LogP contribution is -2.37. The number of hydrogen-bond donors (Lipinski definition) is 0. The first kappa shape index (κ1) is 86.8. The number of allylic oxidation sites excluding steroid dienone is 2. The summed E-state index contributed by atoms with van der Waals surface area (Å²) in [6, 6.07) is 50.1. The number of rotatable bonds is 43. The second kappa shape index (κ2) is 39.5. The third-order valence-corrected chi connectivity index (χ3v) is 24.4. The zero-order chi connectivity index (χ0) is 85.4. The zero-order valence-corrected chi connectivity index (χ0v) is 71.8. The number of carbonyl (C=O) groups excluding carboxylic acids is 4. The minimum Gasteiger partial charge on any atom is -0.497 e.